The van der Waals surface area contributed by atoms with Crippen LogP contribution in [0.5, 0.6) is 5.75 Å². The van der Waals surface area contributed by atoms with Gasteiger partial charge in [0.15, 0.2) is 0 Å². The number of aromatic hydroxyl groups is 1. The molecule has 0 saturated carbocycles. The molecule has 0 radical (unpaired) electrons. The molecule has 2 nitrogen and oxygen atoms in total. The summed E-state index contributed by atoms with van der Waals surface area (Å²) in [5, 5.41) is 9.43. The number of hydrogen-bond acceptors (Lipinski definition) is 2. The molecule has 0 fully saturated rings. The van der Waals surface area contributed by atoms with Gasteiger partial charge in [0, 0.05) is 18.3 Å². The van der Waals surface area contributed by atoms with Gasteiger partial charge in [-0.05, 0) is 61.6 Å². The van der Waals surface area contributed by atoms with Crippen LogP contribution in [0.4, 0.5) is 5.69 Å². The van der Waals surface area contributed by atoms with Crippen molar-refractivity contribution >= 4 is 5.69 Å². The molecule has 1 N–H and O–H groups in total. The van der Waals surface area contributed by atoms with E-state index in [1.807, 2.05) is 12.1 Å². The van der Waals surface area contributed by atoms with Crippen molar-refractivity contribution in [3.05, 3.63) is 59.7 Å². The number of hydrogen-bond donors (Lipinski definition) is 1. The third kappa shape index (κ3) is 2.51. The van der Waals surface area contributed by atoms with Gasteiger partial charge in [0.2, 0.25) is 0 Å². The second-order valence-electron chi connectivity index (χ2n) is 5.47. The van der Waals surface area contributed by atoms with E-state index >= 15 is 0 Å². The van der Waals surface area contributed by atoms with E-state index in [2.05, 4.69) is 36.1 Å². The van der Waals surface area contributed by atoms with Crippen LogP contribution in [-0.4, -0.2) is 17.7 Å². The van der Waals surface area contributed by atoms with Crippen molar-refractivity contribution in [2.24, 2.45) is 0 Å². The van der Waals surface area contributed by atoms with Crippen LogP contribution in [0.2, 0.25) is 0 Å². The summed E-state index contributed by atoms with van der Waals surface area (Å²) in [4.78, 5) is 2.45. The highest BCUT2D eigenvalue weighted by Crippen LogP contribution is 2.28. The summed E-state index contributed by atoms with van der Waals surface area (Å²) in [6.07, 6.45) is 3.48. The summed E-state index contributed by atoms with van der Waals surface area (Å²) < 4.78 is 0. The number of aryl methyl sites for hydroxylation is 1. The maximum atomic E-state index is 9.43. The van der Waals surface area contributed by atoms with Gasteiger partial charge >= 0.3 is 0 Å². The van der Waals surface area contributed by atoms with E-state index in [-0.39, 0.29) is 0 Å². The first kappa shape index (κ1) is 13.0. The van der Waals surface area contributed by atoms with Crippen molar-refractivity contribution in [3.63, 3.8) is 0 Å². The lowest BCUT2D eigenvalue weighted by Crippen LogP contribution is -2.39. The van der Waals surface area contributed by atoms with Gasteiger partial charge in [-0.15, -0.1) is 0 Å². The molecular weight excluding hydrogens is 246 g/mol. The van der Waals surface area contributed by atoms with Gasteiger partial charge in [-0.25, -0.2) is 0 Å². The molecule has 3 rings (SSSR count). The molecule has 0 heterocycles. The van der Waals surface area contributed by atoms with Crippen LogP contribution in [0.1, 0.15) is 24.5 Å². The Hall–Kier alpha value is -1.96. The molecule has 1 atom stereocenters. The zero-order chi connectivity index (χ0) is 13.9. The molecule has 0 aromatic heterocycles. The number of benzene rings is 2. The molecule has 1 unspecified atom stereocenters. The fraction of sp³-hybridized carbons (Fsp3) is 0.333. The quantitative estimate of drug-likeness (QED) is 0.915. The van der Waals surface area contributed by atoms with Gasteiger partial charge in [-0.1, -0.05) is 24.3 Å². The van der Waals surface area contributed by atoms with E-state index in [9.17, 15) is 5.11 Å². The summed E-state index contributed by atoms with van der Waals surface area (Å²) in [6.45, 7) is 3.20. The smallest absolute Gasteiger partial charge is 0.115 e. The van der Waals surface area contributed by atoms with E-state index < -0.39 is 0 Å². The fourth-order valence-corrected chi connectivity index (χ4v) is 3.24. The lowest BCUT2D eigenvalue weighted by Gasteiger charge is -2.36. The third-order valence-electron chi connectivity index (χ3n) is 4.28. The Morgan fingerprint density at radius 2 is 1.75 bits per heavy atom. The van der Waals surface area contributed by atoms with Crippen LogP contribution in [-0.2, 0) is 12.8 Å². The molecule has 1 aliphatic carbocycles. The van der Waals surface area contributed by atoms with Gasteiger partial charge in [0.25, 0.3) is 0 Å². The predicted molar refractivity (Wildman–Crippen MR) is 83.4 cm³/mol. The second-order valence-corrected chi connectivity index (χ2v) is 5.47. The molecule has 1 aliphatic rings. The summed E-state index contributed by atoms with van der Waals surface area (Å²) in [6, 6.07) is 16.9. The fourth-order valence-electron chi connectivity index (χ4n) is 3.24. The monoisotopic (exact) mass is 267 g/mol. The molecule has 0 spiro atoms. The molecule has 0 saturated heterocycles. The average Bonchev–Trinajstić information content (AvgIpc) is 2.50. The summed E-state index contributed by atoms with van der Waals surface area (Å²) in [7, 11) is 0. The highest BCUT2D eigenvalue weighted by molar-refractivity contribution is 5.50. The SMILES string of the molecule is CCN(c1ccc(O)cc1)C1CCc2ccccc2C1. The van der Waals surface area contributed by atoms with Gasteiger partial charge in [-0.3, -0.25) is 0 Å². The predicted octanol–water partition coefficient (Wildman–Crippen LogP) is 3.78. The first-order valence-electron chi connectivity index (χ1n) is 7.40. The Balaban J connectivity index is 1.83. The first-order valence-corrected chi connectivity index (χ1v) is 7.40. The lowest BCUT2D eigenvalue weighted by molar-refractivity contribution is 0.475. The van der Waals surface area contributed by atoms with Crippen molar-refractivity contribution in [3.8, 4) is 5.75 Å². The van der Waals surface area contributed by atoms with E-state index in [4.69, 9.17) is 0 Å². The molecule has 2 heteroatoms. The van der Waals surface area contributed by atoms with Crippen molar-refractivity contribution in [2.75, 3.05) is 11.4 Å². The molecule has 0 aliphatic heterocycles. The van der Waals surface area contributed by atoms with Crippen LogP contribution in [0.3, 0.4) is 0 Å². The molecule has 104 valence electrons. The van der Waals surface area contributed by atoms with Crippen LogP contribution in [0.15, 0.2) is 48.5 Å². The number of fused-ring (bicyclic) bond motifs is 1. The minimum atomic E-state index is 0.332. The van der Waals surface area contributed by atoms with Gasteiger partial charge in [0.1, 0.15) is 5.75 Å². The minimum absolute atomic E-state index is 0.332. The maximum Gasteiger partial charge on any atom is 0.115 e. The summed E-state index contributed by atoms with van der Waals surface area (Å²) in [5.41, 5.74) is 4.20. The maximum absolute atomic E-state index is 9.43. The van der Waals surface area contributed by atoms with Crippen LogP contribution < -0.4 is 4.90 Å². The lowest BCUT2D eigenvalue weighted by atomic mass is 9.87. The number of anilines is 1. The second kappa shape index (κ2) is 5.58. The van der Waals surface area contributed by atoms with Crippen LogP contribution in [0, 0.1) is 0 Å². The van der Waals surface area contributed by atoms with Crippen molar-refractivity contribution in [1.29, 1.82) is 0 Å². The molecule has 20 heavy (non-hydrogen) atoms. The van der Waals surface area contributed by atoms with E-state index in [1.165, 1.54) is 23.2 Å². The number of likely N-dealkylation sites (N-methyl/N-ethyl adjacent to an activating group) is 1. The molecule has 2 aromatic rings. The molecule has 2 aromatic carbocycles. The third-order valence-corrected chi connectivity index (χ3v) is 4.28. The number of phenols is 1. The Morgan fingerprint density at radius 1 is 1.05 bits per heavy atom. The molecular formula is C18H21NO. The van der Waals surface area contributed by atoms with Gasteiger partial charge in [-0.2, -0.15) is 0 Å². The van der Waals surface area contributed by atoms with E-state index in [1.54, 1.807) is 12.1 Å². The molecule has 0 amide bonds. The number of rotatable bonds is 3. The Bertz CT molecular complexity index is 576. The Kier molecular flexibility index (Phi) is 3.64. The van der Waals surface area contributed by atoms with E-state index in [0.29, 0.717) is 11.8 Å². The number of phenolic OH excluding ortho intramolecular Hbond substituents is 1. The average molecular weight is 267 g/mol. The summed E-state index contributed by atoms with van der Waals surface area (Å²) >= 11 is 0. The zero-order valence-electron chi connectivity index (χ0n) is 11.9. The van der Waals surface area contributed by atoms with Crippen molar-refractivity contribution in [1.82, 2.24) is 0 Å². The van der Waals surface area contributed by atoms with Crippen LogP contribution in [0.25, 0.3) is 0 Å². The van der Waals surface area contributed by atoms with Gasteiger partial charge < -0.3 is 10.0 Å². The largest absolute Gasteiger partial charge is 0.508 e. The van der Waals surface area contributed by atoms with Crippen molar-refractivity contribution < 1.29 is 5.11 Å². The highest BCUT2D eigenvalue weighted by Gasteiger charge is 2.23. The first-order chi connectivity index (χ1) is 9.78. The van der Waals surface area contributed by atoms with Crippen LogP contribution >= 0.6 is 0 Å². The minimum Gasteiger partial charge on any atom is -0.508 e. The van der Waals surface area contributed by atoms with E-state index in [0.717, 1.165) is 19.4 Å². The normalized spacial score (nSPS) is 17.6. The highest BCUT2D eigenvalue weighted by atomic mass is 16.3. The zero-order valence-corrected chi connectivity index (χ0v) is 11.9. The van der Waals surface area contributed by atoms with Gasteiger partial charge in [0.05, 0.1) is 0 Å². The Labute approximate surface area is 120 Å². The topological polar surface area (TPSA) is 23.5 Å². The Morgan fingerprint density at radius 3 is 2.45 bits per heavy atom. The standard InChI is InChI=1S/C18H21NO/c1-2-19(16-9-11-18(20)12-10-16)17-8-7-14-5-3-4-6-15(14)13-17/h3-6,9-12,17,20H,2,7-8,13H2,1H3. The number of nitrogens with zero attached hydrogens (tertiary/aromatic N) is 1. The van der Waals surface area contributed by atoms with Crippen molar-refractivity contribution in [2.45, 2.75) is 32.2 Å². The summed E-state index contributed by atoms with van der Waals surface area (Å²) in [5.74, 6) is 0.332. The molecule has 0 bridgehead atoms.